The molecule has 0 unspecified atom stereocenters. The Morgan fingerprint density at radius 3 is 2.21 bits per heavy atom. The number of hydrogen-bond acceptors (Lipinski definition) is 5. The van der Waals surface area contributed by atoms with E-state index < -0.39 is 0 Å². The third-order valence-electron chi connectivity index (χ3n) is 5.51. The zero-order valence-electron chi connectivity index (χ0n) is 19.4. The molecule has 0 atom stereocenters. The van der Waals surface area contributed by atoms with E-state index in [4.69, 9.17) is 19.2 Å². The molecule has 0 aliphatic heterocycles. The first kappa shape index (κ1) is 22.7. The maximum absolute atomic E-state index is 5.48. The Balaban J connectivity index is 1.71. The van der Waals surface area contributed by atoms with E-state index in [1.807, 2.05) is 36.4 Å². The van der Waals surface area contributed by atoms with Crippen LogP contribution in [0.25, 0.3) is 11.3 Å². The standard InChI is InChI=1S/C27H28N2O3S/c1-19-5-8-21(9-6-19)24-18-33-27(28-22-10-12-23(30-2)13-11-22)29(24)16-15-20-7-14-25(31-3)26(17-20)32-4/h5-14,17-18H,15-16H2,1-4H3. The van der Waals surface area contributed by atoms with Gasteiger partial charge in [0.25, 0.3) is 0 Å². The van der Waals surface area contributed by atoms with Crippen molar-refractivity contribution in [2.75, 3.05) is 21.3 Å². The molecule has 0 aliphatic carbocycles. The minimum atomic E-state index is 0.736. The summed E-state index contributed by atoms with van der Waals surface area (Å²) in [7, 11) is 4.98. The first-order valence-corrected chi connectivity index (χ1v) is 11.6. The first-order valence-electron chi connectivity index (χ1n) is 10.8. The van der Waals surface area contributed by atoms with Crippen LogP contribution in [0.4, 0.5) is 5.69 Å². The Kier molecular flexibility index (Phi) is 7.15. The second-order valence-electron chi connectivity index (χ2n) is 7.67. The zero-order chi connectivity index (χ0) is 23.2. The van der Waals surface area contributed by atoms with Gasteiger partial charge in [0.1, 0.15) is 5.75 Å². The minimum absolute atomic E-state index is 0.736. The molecule has 6 heteroatoms. The van der Waals surface area contributed by atoms with Crippen molar-refractivity contribution in [3.05, 3.63) is 88.0 Å². The molecule has 3 aromatic carbocycles. The maximum atomic E-state index is 5.48. The van der Waals surface area contributed by atoms with Crippen LogP contribution >= 0.6 is 11.3 Å². The zero-order valence-corrected chi connectivity index (χ0v) is 20.2. The number of methoxy groups -OCH3 is 3. The van der Waals surface area contributed by atoms with Gasteiger partial charge < -0.3 is 18.8 Å². The highest BCUT2D eigenvalue weighted by Crippen LogP contribution is 2.28. The van der Waals surface area contributed by atoms with E-state index in [0.717, 1.165) is 46.4 Å². The highest BCUT2D eigenvalue weighted by atomic mass is 32.1. The summed E-state index contributed by atoms with van der Waals surface area (Å²) >= 11 is 1.65. The van der Waals surface area contributed by atoms with Crippen molar-refractivity contribution in [2.24, 2.45) is 4.99 Å². The number of aryl methyl sites for hydroxylation is 2. The van der Waals surface area contributed by atoms with Crippen molar-refractivity contribution in [3.63, 3.8) is 0 Å². The summed E-state index contributed by atoms with van der Waals surface area (Å²) in [5, 5.41) is 2.18. The van der Waals surface area contributed by atoms with Gasteiger partial charge in [-0.2, -0.15) is 0 Å². The van der Waals surface area contributed by atoms with Gasteiger partial charge >= 0.3 is 0 Å². The molecule has 0 saturated carbocycles. The first-order chi connectivity index (χ1) is 16.1. The van der Waals surface area contributed by atoms with Gasteiger partial charge in [-0.3, -0.25) is 0 Å². The second-order valence-corrected chi connectivity index (χ2v) is 8.51. The van der Waals surface area contributed by atoms with Gasteiger partial charge in [-0.05, 0) is 60.9 Å². The predicted octanol–water partition coefficient (Wildman–Crippen LogP) is 6.03. The van der Waals surface area contributed by atoms with Crippen LogP contribution in [-0.2, 0) is 13.0 Å². The van der Waals surface area contributed by atoms with Crippen molar-refractivity contribution in [1.29, 1.82) is 0 Å². The fraction of sp³-hybridized carbons (Fsp3) is 0.222. The molecule has 4 rings (SSSR count). The normalized spacial score (nSPS) is 11.5. The molecule has 4 aromatic rings. The average Bonchev–Trinajstić information content (AvgIpc) is 3.25. The maximum Gasteiger partial charge on any atom is 0.190 e. The molecule has 33 heavy (non-hydrogen) atoms. The van der Waals surface area contributed by atoms with Crippen LogP contribution in [0.2, 0.25) is 0 Å². The summed E-state index contributed by atoms with van der Waals surface area (Å²) in [5.74, 6) is 2.30. The molecule has 1 heterocycles. The van der Waals surface area contributed by atoms with Gasteiger partial charge in [-0.1, -0.05) is 35.9 Å². The lowest BCUT2D eigenvalue weighted by atomic mass is 10.1. The van der Waals surface area contributed by atoms with Crippen molar-refractivity contribution >= 4 is 17.0 Å². The highest BCUT2D eigenvalue weighted by Gasteiger charge is 2.10. The third kappa shape index (κ3) is 5.29. The van der Waals surface area contributed by atoms with Crippen LogP contribution in [0.3, 0.4) is 0 Å². The van der Waals surface area contributed by atoms with Crippen LogP contribution in [0.15, 0.2) is 77.1 Å². The van der Waals surface area contributed by atoms with Crippen LogP contribution in [-0.4, -0.2) is 25.9 Å². The second kappa shape index (κ2) is 10.4. The van der Waals surface area contributed by atoms with Gasteiger partial charge in [0.15, 0.2) is 16.3 Å². The predicted molar refractivity (Wildman–Crippen MR) is 134 cm³/mol. The SMILES string of the molecule is COc1ccc(N=c2scc(-c3ccc(C)cc3)n2CCc2ccc(OC)c(OC)c2)cc1. The van der Waals surface area contributed by atoms with Crippen LogP contribution < -0.4 is 19.0 Å². The average molecular weight is 461 g/mol. The Morgan fingerprint density at radius 2 is 1.55 bits per heavy atom. The molecular formula is C27H28N2O3S. The molecule has 170 valence electrons. The van der Waals surface area contributed by atoms with Gasteiger partial charge in [0, 0.05) is 11.9 Å². The topological polar surface area (TPSA) is 45.0 Å². The Bertz CT molecular complexity index is 1270. The smallest absolute Gasteiger partial charge is 0.190 e. The Labute approximate surface area is 198 Å². The van der Waals surface area contributed by atoms with E-state index in [9.17, 15) is 0 Å². The van der Waals surface area contributed by atoms with Crippen molar-refractivity contribution < 1.29 is 14.2 Å². The lowest BCUT2D eigenvalue weighted by Gasteiger charge is -2.12. The molecule has 0 aliphatic rings. The molecule has 0 fully saturated rings. The summed E-state index contributed by atoms with van der Waals surface area (Å²) in [6.07, 6.45) is 0.839. The molecule has 5 nitrogen and oxygen atoms in total. The molecule has 0 N–H and O–H groups in total. The highest BCUT2D eigenvalue weighted by molar-refractivity contribution is 7.07. The van der Waals surface area contributed by atoms with Crippen LogP contribution in [0, 0.1) is 6.92 Å². The molecule has 0 saturated heterocycles. The quantitative estimate of drug-likeness (QED) is 0.323. The van der Waals surface area contributed by atoms with E-state index >= 15 is 0 Å². The van der Waals surface area contributed by atoms with E-state index in [1.54, 1.807) is 32.7 Å². The number of ether oxygens (including phenoxy) is 3. The van der Waals surface area contributed by atoms with Crippen LogP contribution in [0.1, 0.15) is 11.1 Å². The molecule has 0 bridgehead atoms. The largest absolute Gasteiger partial charge is 0.497 e. The van der Waals surface area contributed by atoms with E-state index in [1.165, 1.54) is 16.7 Å². The van der Waals surface area contributed by atoms with E-state index in [-0.39, 0.29) is 0 Å². The number of aromatic nitrogens is 1. The number of benzene rings is 3. The van der Waals surface area contributed by atoms with E-state index in [2.05, 4.69) is 47.2 Å². The lowest BCUT2D eigenvalue weighted by Crippen LogP contribution is -2.17. The summed E-state index contributed by atoms with van der Waals surface area (Å²) in [6, 6.07) is 22.5. The molecule has 0 spiro atoms. The lowest BCUT2D eigenvalue weighted by molar-refractivity contribution is 0.354. The number of thiazole rings is 1. The Morgan fingerprint density at radius 1 is 0.818 bits per heavy atom. The van der Waals surface area contributed by atoms with Gasteiger partial charge in [0.05, 0.1) is 32.7 Å². The number of rotatable bonds is 8. The summed E-state index contributed by atoms with van der Waals surface area (Å²) < 4.78 is 18.4. The minimum Gasteiger partial charge on any atom is -0.497 e. The fourth-order valence-electron chi connectivity index (χ4n) is 3.63. The van der Waals surface area contributed by atoms with E-state index in [0.29, 0.717) is 0 Å². The summed E-state index contributed by atoms with van der Waals surface area (Å²) in [5.41, 5.74) is 5.66. The van der Waals surface area contributed by atoms with Crippen molar-refractivity contribution in [2.45, 2.75) is 19.9 Å². The Hall–Kier alpha value is -3.51. The van der Waals surface area contributed by atoms with Crippen molar-refractivity contribution in [3.8, 4) is 28.5 Å². The molecule has 0 amide bonds. The van der Waals surface area contributed by atoms with Crippen molar-refractivity contribution in [1.82, 2.24) is 4.57 Å². The number of nitrogens with zero attached hydrogens (tertiary/aromatic N) is 2. The summed E-state index contributed by atoms with van der Waals surface area (Å²) in [6.45, 7) is 2.89. The molecule has 0 radical (unpaired) electrons. The molecular weight excluding hydrogens is 432 g/mol. The van der Waals surface area contributed by atoms with Gasteiger partial charge in [0.2, 0.25) is 0 Å². The molecule has 1 aromatic heterocycles. The van der Waals surface area contributed by atoms with Gasteiger partial charge in [-0.25, -0.2) is 4.99 Å². The van der Waals surface area contributed by atoms with Gasteiger partial charge in [-0.15, -0.1) is 11.3 Å². The summed E-state index contributed by atoms with van der Waals surface area (Å²) in [4.78, 5) is 5.89. The third-order valence-corrected chi connectivity index (χ3v) is 6.38. The number of hydrogen-bond donors (Lipinski definition) is 0. The van der Waals surface area contributed by atoms with Crippen LogP contribution in [0.5, 0.6) is 17.2 Å². The monoisotopic (exact) mass is 460 g/mol. The fourth-order valence-corrected chi connectivity index (χ4v) is 4.59.